The van der Waals surface area contributed by atoms with Crippen molar-refractivity contribution in [3.63, 3.8) is 0 Å². The SMILES string of the molecule is Cc1ccc(CS(=O)(=O)NCCCN2C[C@H](C)C[C@H](C)C2)cc1. The Morgan fingerprint density at radius 3 is 2.35 bits per heavy atom. The van der Waals surface area contributed by atoms with Gasteiger partial charge in [-0.3, -0.25) is 0 Å². The maximum absolute atomic E-state index is 12.1. The number of hydrogen-bond donors (Lipinski definition) is 1. The minimum Gasteiger partial charge on any atom is -0.303 e. The third kappa shape index (κ3) is 6.61. The number of rotatable bonds is 7. The van der Waals surface area contributed by atoms with Crippen LogP contribution >= 0.6 is 0 Å². The van der Waals surface area contributed by atoms with Crippen LogP contribution in [0.25, 0.3) is 0 Å². The summed E-state index contributed by atoms with van der Waals surface area (Å²) in [6.45, 7) is 10.4. The van der Waals surface area contributed by atoms with Crippen LogP contribution in [0.15, 0.2) is 24.3 Å². The molecule has 1 fully saturated rings. The van der Waals surface area contributed by atoms with Gasteiger partial charge in [-0.25, -0.2) is 13.1 Å². The maximum Gasteiger partial charge on any atom is 0.215 e. The summed E-state index contributed by atoms with van der Waals surface area (Å²) in [4.78, 5) is 2.47. The van der Waals surface area contributed by atoms with Crippen LogP contribution in [0, 0.1) is 18.8 Å². The van der Waals surface area contributed by atoms with Crippen LogP contribution in [0.4, 0.5) is 0 Å². The summed E-state index contributed by atoms with van der Waals surface area (Å²) in [5.41, 5.74) is 1.98. The Morgan fingerprint density at radius 2 is 1.74 bits per heavy atom. The Balaban J connectivity index is 1.71. The smallest absolute Gasteiger partial charge is 0.215 e. The van der Waals surface area contributed by atoms with E-state index in [1.165, 1.54) is 6.42 Å². The van der Waals surface area contributed by atoms with Gasteiger partial charge in [0.1, 0.15) is 0 Å². The van der Waals surface area contributed by atoms with Gasteiger partial charge in [0.25, 0.3) is 0 Å². The molecule has 1 aliphatic rings. The molecular weight excluding hydrogens is 308 g/mol. The molecule has 1 heterocycles. The van der Waals surface area contributed by atoms with Crippen LogP contribution in [0.5, 0.6) is 0 Å². The van der Waals surface area contributed by atoms with E-state index in [0.29, 0.717) is 6.54 Å². The highest BCUT2D eigenvalue weighted by Gasteiger charge is 2.21. The number of piperidine rings is 1. The Hall–Kier alpha value is -0.910. The zero-order valence-corrected chi connectivity index (χ0v) is 15.4. The maximum atomic E-state index is 12.1. The molecule has 0 spiro atoms. The number of sulfonamides is 1. The summed E-state index contributed by atoms with van der Waals surface area (Å²) >= 11 is 0. The van der Waals surface area contributed by atoms with Crippen LogP contribution in [0.1, 0.15) is 37.8 Å². The van der Waals surface area contributed by atoms with Crippen LogP contribution in [-0.2, 0) is 15.8 Å². The van der Waals surface area contributed by atoms with E-state index in [1.807, 2.05) is 31.2 Å². The van der Waals surface area contributed by atoms with Gasteiger partial charge in [0.15, 0.2) is 0 Å². The Kier molecular flexibility index (Phi) is 6.62. The van der Waals surface area contributed by atoms with Crippen LogP contribution < -0.4 is 4.72 Å². The highest BCUT2D eigenvalue weighted by molar-refractivity contribution is 7.88. The van der Waals surface area contributed by atoms with Gasteiger partial charge in [-0.1, -0.05) is 43.7 Å². The molecule has 0 aliphatic carbocycles. The van der Waals surface area contributed by atoms with E-state index in [9.17, 15) is 8.42 Å². The van der Waals surface area contributed by atoms with Crippen molar-refractivity contribution in [1.82, 2.24) is 9.62 Å². The summed E-state index contributed by atoms with van der Waals surface area (Å²) in [5.74, 6) is 1.55. The second kappa shape index (κ2) is 8.27. The van der Waals surface area contributed by atoms with E-state index >= 15 is 0 Å². The van der Waals surface area contributed by atoms with E-state index in [-0.39, 0.29) is 5.75 Å². The van der Waals surface area contributed by atoms with Gasteiger partial charge in [0, 0.05) is 19.6 Å². The first kappa shape index (κ1) is 18.4. The number of benzene rings is 1. The standard InChI is InChI=1S/C18H30N2O2S/c1-15-5-7-18(8-6-15)14-23(21,22)19-9-4-10-20-12-16(2)11-17(3)13-20/h5-8,16-17,19H,4,9-14H2,1-3H3/t16-,17+. The zero-order chi connectivity index (χ0) is 16.9. The van der Waals surface area contributed by atoms with Gasteiger partial charge in [0.2, 0.25) is 10.0 Å². The predicted molar refractivity (Wildman–Crippen MR) is 95.8 cm³/mol. The normalized spacial score (nSPS) is 23.1. The highest BCUT2D eigenvalue weighted by Crippen LogP contribution is 2.20. The molecule has 4 nitrogen and oxygen atoms in total. The fourth-order valence-electron chi connectivity index (χ4n) is 3.46. The van der Waals surface area contributed by atoms with E-state index in [2.05, 4.69) is 23.5 Å². The molecule has 2 rings (SSSR count). The van der Waals surface area contributed by atoms with Gasteiger partial charge in [-0.05, 0) is 43.7 Å². The van der Waals surface area contributed by atoms with Crippen molar-refractivity contribution in [3.8, 4) is 0 Å². The van der Waals surface area contributed by atoms with Gasteiger partial charge in [-0.2, -0.15) is 0 Å². The molecule has 0 radical (unpaired) electrons. The third-order valence-electron chi connectivity index (χ3n) is 4.39. The molecule has 0 unspecified atom stereocenters. The summed E-state index contributed by atoms with van der Waals surface area (Å²) in [6.07, 6.45) is 2.17. The topological polar surface area (TPSA) is 49.4 Å². The van der Waals surface area contributed by atoms with Crippen molar-refractivity contribution >= 4 is 10.0 Å². The molecule has 1 aromatic rings. The summed E-state index contributed by atoms with van der Waals surface area (Å²) in [6, 6.07) is 7.66. The molecule has 2 atom stereocenters. The van der Waals surface area contributed by atoms with Crippen LogP contribution in [0.3, 0.4) is 0 Å². The summed E-state index contributed by atoms with van der Waals surface area (Å²) < 4.78 is 27.0. The van der Waals surface area contributed by atoms with Crippen molar-refractivity contribution in [2.24, 2.45) is 11.8 Å². The first-order chi connectivity index (χ1) is 10.8. The molecule has 1 aliphatic heterocycles. The number of nitrogens with zero attached hydrogens (tertiary/aromatic N) is 1. The largest absolute Gasteiger partial charge is 0.303 e. The zero-order valence-electron chi connectivity index (χ0n) is 14.6. The van der Waals surface area contributed by atoms with Crippen molar-refractivity contribution in [2.45, 2.75) is 39.4 Å². The second-order valence-corrected chi connectivity index (χ2v) is 9.01. The van der Waals surface area contributed by atoms with Crippen LogP contribution in [0.2, 0.25) is 0 Å². The Bertz CT molecular complexity index is 574. The fourth-order valence-corrected chi connectivity index (χ4v) is 4.65. The highest BCUT2D eigenvalue weighted by atomic mass is 32.2. The lowest BCUT2D eigenvalue weighted by atomic mass is 9.92. The molecule has 0 aromatic heterocycles. The van der Waals surface area contributed by atoms with Crippen molar-refractivity contribution < 1.29 is 8.42 Å². The number of nitrogens with one attached hydrogen (secondary N) is 1. The number of aryl methyl sites for hydroxylation is 1. The molecule has 23 heavy (non-hydrogen) atoms. The monoisotopic (exact) mass is 338 g/mol. The molecule has 5 heteroatoms. The predicted octanol–water partition coefficient (Wildman–Crippen LogP) is 2.78. The summed E-state index contributed by atoms with van der Waals surface area (Å²) in [7, 11) is -3.24. The molecule has 0 saturated carbocycles. The average Bonchev–Trinajstić information content (AvgIpc) is 2.45. The second-order valence-electron chi connectivity index (χ2n) is 7.20. The Morgan fingerprint density at radius 1 is 1.13 bits per heavy atom. The summed E-state index contributed by atoms with van der Waals surface area (Å²) in [5, 5.41) is 0. The van der Waals surface area contributed by atoms with E-state index < -0.39 is 10.0 Å². The fraction of sp³-hybridized carbons (Fsp3) is 0.667. The Labute approximate surface area is 141 Å². The molecule has 0 amide bonds. The lowest BCUT2D eigenvalue weighted by Gasteiger charge is -2.34. The first-order valence-electron chi connectivity index (χ1n) is 8.59. The van der Waals surface area contributed by atoms with Gasteiger partial charge in [-0.15, -0.1) is 0 Å². The molecule has 1 N–H and O–H groups in total. The molecule has 1 aromatic carbocycles. The lowest BCUT2D eigenvalue weighted by Crippen LogP contribution is -2.40. The van der Waals surface area contributed by atoms with Gasteiger partial charge in [0.05, 0.1) is 5.75 Å². The van der Waals surface area contributed by atoms with Crippen LogP contribution in [-0.4, -0.2) is 39.5 Å². The van der Waals surface area contributed by atoms with E-state index in [0.717, 1.165) is 49.0 Å². The minimum absolute atomic E-state index is 0.0606. The molecule has 130 valence electrons. The van der Waals surface area contributed by atoms with Crippen molar-refractivity contribution in [3.05, 3.63) is 35.4 Å². The minimum atomic E-state index is -3.24. The van der Waals surface area contributed by atoms with Gasteiger partial charge < -0.3 is 4.90 Å². The third-order valence-corrected chi connectivity index (χ3v) is 5.75. The molecule has 1 saturated heterocycles. The van der Waals surface area contributed by atoms with Crippen molar-refractivity contribution in [1.29, 1.82) is 0 Å². The van der Waals surface area contributed by atoms with E-state index in [1.54, 1.807) is 0 Å². The number of likely N-dealkylation sites (tertiary alicyclic amines) is 1. The molecular formula is C18H30N2O2S. The lowest BCUT2D eigenvalue weighted by molar-refractivity contribution is 0.140. The first-order valence-corrected chi connectivity index (χ1v) is 10.2. The molecule has 0 bridgehead atoms. The number of hydrogen-bond acceptors (Lipinski definition) is 3. The quantitative estimate of drug-likeness (QED) is 0.778. The average molecular weight is 339 g/mol. The van der Waals surface area contributed by atoms with Crippen molar-refractivity contribution in [2.75, 3.05) is 26.2 Å². The van der Waals surface area contributed by atoms with E-state index in [4.69, 9.17) is 0 Å². The van der Waals surface area contributed by atoms with Gasteiger partial charge >= 0.3 is 0 Å².